The molecule has 0 heterocycles. The van der Waals surface area contributed by atoms with E-state index in [-0.39, 0.29) is 24.9 Å². The number of hydrogen-bond donors (Lipinski definition) is 3. The Labute approximate surface area is 395 Å². The molecule has 0 aromatic carbocycles. The van der Waals surface area contributed by atoms with Gasteiger partial charge in [0.1, 0.15) is 6.10 Å². The van der Waals surface area contributed by atoms with E-state index < -0.39 is 18.2 Å². The third-order valence-corrected chi connectivity index (χ3v) is 11.8. The smallest absolute Gasteiger partial charge is 0.306 e. The van der Waals surface area contributed by atoms with E-state index in [0.717, 1.165) is 89.9 Å². The van der Waals surface area contributed by atoms with Crippen LogP contribution >= 0.6 is 0 Å². The van der Waals surface area contributed by atoms with Crippen LogP contribution in [-0.4, -0.2) is 46.9 Å². The number of unbranched alkanes of at least 4 members (excludes halogenated alkanes) is 25. The normalized spacial score (nSPS) is 13.9. The van der Waals surface area contributed by atoms with Crippen molar-refractivity contribution in [1.29, 1.82) is 0 Å². The average Bonchev–Trinajstić information content (AvgIpc) is 3.29. The lowest BCUT2D eigenvalue weighted by Crippen LogP contribution is -2.46. The molecule has 0 saturated carbocycles. The van der Waals surface area contributed by atoms with Crippen molar-refractivity contribution in [2.45, 2.75) is 264 Å². The Balaban J connectivity index is 4.67. The van der Waals surface area contributed by atoms with E-state index in [1.807, 2.05) is 42.5 Å². The number of ether oxygens (including phenoxy) is 1. The number of carbonyl (C=O) groups excluding carboxylic acids is 2. The molecule has 0 aromatic heterocycles. The second-order valence-corrected chi connectivity index (χ2v) is 18.0. The summed E-state index contributed by atoms with van der Waals surface area (Å²) in [4.78, 5) is 26.2. The van der Waals surface area contributed by atoms with Crippen molar-refractivity contribution in [1.82, 2.24) is 5.32 Å². The monoisotopic (exact) mass is 892 g/mol. The van der Waals surface area contributed by atoms with Crippen molar-refractivity contribution in [2.24, 2.45) is 0 Å². The molecule has 0 rings (SSSR count). The molecule has 3 unspecified atom stereocenters. The van der Waals surface area contributed by atoms with Crippen LogP contribution in [-0.2, 0) is 14.3 Å². The van der Waals surface area contributed by atoms with E-state index in [9.17, 15) is 19.8 Å². The zero-order valence-electron chi connectivity index (χ0n) is 41.9. The van der Waals surface area contributed by atoms with Crippen LogP contribution in [0.3, 0.4) is 0 Å². The van der Waals surface area contributed by atoms with Gasteiger partial charge in [0.2, 0.25) is 5.91 Å². The van der Waals surface area contributed by atoms with E-state index in [4.69, 9.17) is 4.74 Å². The first kappa shape index (κ1) is 61.0. The van der Waals surface area contributed by atoms with Gasteiger partial charge in [-0.3, -0.25) is 9.59 Å². The minimum absolute atomic E-state index is 0.0471. The Hall–Kier alpha value is -2.96. The zero-order chi connectivity index (χ0) is 46.7. The number of aliphatic hydroxyl groups is 2. The van der Waals surface area contributed by atoms with Crippen molar-refractivity contribution in [2.75, 3.05) is 6.61 Å². The Bertz CT molecular complexity index is 1230. The third kappa shape index (κ3) is 45.6. The van der Waals surface area contributed by atoms with E-state index in [1.165, 1.54) is 109 Å². The molecule has 0 bridgehead atoms. The number of esters is 1. The maximum atomic E-state index is 13.2. The van der Waals surface area contributed by atoms with Gasteiger partial charge in [-0.05, 0) is 77.0 Å². The summed E-state index contributed by atoms with van der Waals surface area (Å²) in [6, 6.07) is -0.720. The van der Waals surface area contributed by atoms with E-state index in [1.54, 1.807) is 0 Å². The largest absolute Gasteiger partial charge is 0.462 e. The molecule has 0 aliphatic heterocycles. The quantitative estimate of drug-likeness (QED) is 0.0245. The Kier molecular flexibility index (Phi) is 48.7. The van der Waals surface area contributed by atoms with Crippen LogP contribution in [0.15, 0.2) is 85.1 Å². The van der Waals surface area contributed by atoms with Crippen molar-refractivity contribution < 1.29 is 24.5 Å². The predicted octanol–water partition coefficient (Wildman–Crippen LogP) is 16.3. The van der Waals surface area contributed by atoms with Gasteiger partial charge in [-0.2, -0.15) is 0 Å². The lowest BCUT2D eigenvalue weighted by atomic mass is 10.0. The number of rotatable bonds is 47. The van der Waals surface area contributed by atoms with Gasteiger partial charge in [0.05, 0.1) is 25.2 Å². The summed E-state index contributed by atoms with van der Waals surface area (Å²) < 4.78 is 5.92. The summed E-state index contributed by atoms with van der Waals surface area (Å²) in [7, 11) is 0. The highest BCUT2D eigenvalue weighted by molar-refractivity contribution is 5.77. The molecule has 0 spiro atoms. The molecule has 0 aliphatic carbocycles. The highest BCUT2D eigenvalue weighted by Crippen LogP contribution is 2.18. The van der Waals surface area contributed by atoms with Gasteiger partial charge < -0.3 is 20.3 Å². The molecule has 0 fully saturated rings. The minimum Gasteiger partial charge on any atom is -0.462 e. The number of amides is 1. The van der Waals surface area contributed by atoms with Crippen molar-refractivity contribution in [3.63, 3.8) is 0 Å². The van der Waals surface area contributed by atoms with Crippen LogP contribution in [0.2, 0.25) is 0 Å². The first-order valence-electron chi connectivity index (χ1n) is 26.9. The number of nitrogens with one attached hydrogen (secondary N) is 1. The fourth-order valence-electron chi connectivity index (χ4n) is 7.78. The van der Waals surface area contributed by atoms with Gasteiger partial charge in [-0.1, -0.05) is 241 Å². The molecule has 3 atom stereocenters. The first-order chi connectivity index (χ1) is 31.5. The average molecular weight is 892 g/mol. The molecular formula is C58H101NO5. The topological polar surface area (TPSA) is 95.9 Å². The van der Waals surface area contributed by atoms with Gasteiger partial charge in [0.15, 0.2) is 0 Å². The molecule has 0 aromatic rings. The van der Waals surface area contributed by atoms with Crippen LogP contribution in [0.1, 0.15) is 245 Å². The summed E-state index contributed by atoms with van der Waals surface area (Å²) in [6.45, 7) is 6.31. The van der Waals surface area contributed by atoms with Gasteiger partial charge >= 0.3 is 5.97 Å². The number of allylic oxidation sites excluding steroid dienone is 14. The SMILES string of the molecule is CC/C=C/C=C/C=C\C=C/C=C/CCCCCC(=O)OC(CCCCCCC/C=C\C/C=C\CCCCC)CC(=O)NC(CO)C(O)CCCCCCCCCCCCCCCCC. The van der Waals surface area contributed by atoms with Crippen LogP contribution in [0.4, 0.5) is 0 Å². The maximum Gasteiger partial charge on any atom is 0.306 e. The zero-order valence-corrected chi connectivity index (χ0v) is 41.9. The molecule has 6 nitrogen and oxygen atoms in total. The first-order valence-corrected chi connectivity index (χ1v) is 26.9. The number of carbonyl (C=O) groups is 2. The predicted molar refractivity (Wildman–Crippen MR) is 278 cm³/mol. The van der Waals surface area contributed by atoms with Gasteiger partial charge in [0.25, 0.3) is 0 Å². The van der Waals surface area contributed by atoms with Crippen molar-refractivity contribution in [3.05, 3.63) is 85.1 Å². The second kappa shape index (κ2) is 51.0. The van der Waals surface area contributed by atoms with Crippen molar-refractivity contribution in [3.8, 4) is 0 Å². The minimum atomic E-state index is -0.804. The fourth-order valence-corrected chi connectivity index (χ4v) is 7.78. The Morgan fingerprint density at radius 1 is 0.484 bits per heavy atom. The third-order valence-electron chi connectivity index (χ3n) is 11.8. The molecule has 3 N–H and O–H groups in total. The molecule has 64 heavy (non-hydrogen) atoms. The standard InChI is InChI=1S/C58H101NO5/c1-4-7-10-13-16-19-22-25-28-31-34-37-40-43-46-49-54(64-58(63)51-48-45-42-39-36-33-30-27-24-21-18-15-12-9-6-3)52-57(62)59-55(53-60)56(61)50-47-44-41-38-35-32-29-26-23-20-17-14-11-8-5-2/h9,12,15-16,18-19,21,24-25,27-28,30,33,36,54-56,60-61H,4-8,10-11,13-14,17,20,22-23,26,29,31-32,34-35,37-53H2,1-3H3,(H,59,62)/b12-9+,18-15+,19-16-,24-21-,28-25-,30-27-,36-33+. The number of hydrogen-bond acceptors (Lipinski definition) is 5. The Morgan fingerprint density at radius 2 is 0.906 bits per heavy atom. The highest BCUT2D eigenvalue weighted by atomic mass is 16.5. The van der Waals surface area contributed by atoms with Crippen LogP contribution in [0.25, 0.3) is 0 Å². The van der Waals surface area contributed by atoms with E-state index in [2.05, 4.69) is 68.6 Å². The van der Waals surface area contributed by atoms with Gasteiger partial charge in [-0.15, -0.1) is 0 Å². The molecular weight excluding hydrogens is 791 g/mol. The highest BCUT2D eigenvalue weighted by Gasteiger charge is 2.24. The summed E-state index contributed by atoms with van der Waals surface area (Å²) >= 11 is 0. The molecule has 0 aliphatic rings. The molecule has 6 heteroatoms. The molecule has 368 valence electrons. The summed E-state index contributed by atoms with van der Waals surface area (Å²) in [6.07, 6.45) is 66.4. The maximum absolute atomic E-state index is 13.2. The molecule has 0 saturated heterocycles. The van der Waals surface area contributed by atoms with E-state index in [0.29, 0.717) is 19.3 Å². The van der Waals surface area contributed by atoms with Crippen LogP contribution in [0.5, 0.6) is 0 Å². The molecule has 0 radical (unpaired) electrons. The summed E-state index contributed by atoms with van der Waals surface area (Å²) in [5, 5.41) is 23.8. The summed E-state index contributed by atoms with van der Waals surface area (Å²) in [5.41, 5.74) is 0. The Morgan fingerprint density at radius 3 is 1.44 bits per heavy atom. The second-order valence-electron chi connectivity index (χ2n) is 18.0. The molecule has 1 amide bonds. The van der Waals surface area contributed by atoms with Crippen molar-refractivity contribution >= 4 is 11.9 Å². The summed E-state index contributed by atoms with van der Waals surface area (Å²) in [5.74, 6) is -0.538. The van der Waals surface area contributed by atoms with Gasteiger partial charge in [-0.25, -0.2) is 0 Å². The van der Waals surface area contributed by atoms with Gasteiger partial charge in [0, 0.05) is 6.42 Å². The van der Waals surface area contributed by atoms with E-state index >= 15 is 0 Å². The lowest BCUT2D eigenvalue weighted by Gasteiger charge is -2.24. The van der Waals surface area contributed by atoms with Crippen LogP contribution < -0.4 is 5.32 Å². The lowest BCUT2D eigenvalue weighted by molar-refractivity contribution is -0.151. The number of aliphatic hydroxyl groups excluding tert-OH is 2. The fraction of sp³-hybridized carbons (Fsp3) is 0.724. The van der Waals surface area contributed by atoms with Crippen LogP contribution in [0, 0.1) is 0 Å².